The van der Waals surface area contributed by atoms with Crippen molar-refractivity contribution in [1.29, 1.82) is 0 Å². The van der Waals surface area contributed by atoms with E-state index in [-0.39, 0.29) is 11.3 Å². The second-order valence-corrected chi connectivity index (χ2v) is 8.23. The van der Waals surface area contributed by atoms with Gasteiger partial charge in [0.2, 0.25) is 16.0 Å². The number of ether oxygens (including phenoxy) is 1. The Bertz CT molecular complexity index is 627. The molecule has 1 N–H and O–H groups in total. The molecule has 0 saturated carbocycles. The summed E-state index contributed by atoms with van der Waals surface area (Å²) in [4.78, 5) is 3.78. The van der Waals surface area contributed by atoms with Crippen LogP contribution in [0.1, 0.15) is 25.7 Å². The lowest BCUT2D eigenvalue weighted by molar-refractivity contribution is 0.0969. The van der Waals surface area contributed by atoms with Gasteiger partial charge >= 0.3 is 0 Å². The predicted octanol–water partition coefficient (Wildman–Crippen LogP) is 1.61. The third-order valence-corrected chi connectivity index (χ3v) is 6.87. The Morgan fingerprint density at radius 3 is 2.52 bits per heavy atom. The Kier molecular flexibility index (Phi) is 5.13. The maximum atomic E-state index is 13.1. The highest BCUT2D eigenvalue weighted by Gasteiger charge is 2.35. The van der Waals surface area contributed by atoms with E-state index < -0.39 is 16.0 Å². The van der Waals surface area contributed by atoms with Crippen molar-refractivity contribution in [1.82, 2.24) is 9.29 Å². The van der Waals surface area contributed by atoms with Crippen LogP contribution in [-0.4, -0.2) is 55.3 Å². The Labute approximate surface area is 136 Å². The molecule has 23 heavy (non-hydrogen) atoms. The van der Waals surface area contributed by atoms with Crippen molar-refractivity contribution in [2.75, 3.05) is 31.6 Å². The minimum atomic E-state index is -3.24. The summed E-state index contributed by atoms with van der Waals surface area (Å²) >= 11 is 0. The number of sulfonamides is 1. The zero-order valence-electron chi connectivity index (χ0n) is 12.9. The summed E-state index contributed by atoms with van der Waals surface area (Å²) in [6, 6.07) is 4.74. The molecular weight excluding hydrogens is 321 g/mol. The van der Waals surface area contributed by atoms with Crippen LogP contribution in [0.15, 0.2) is 18.2 Å². The van der Waals surface area contributed by atoms with Crippen molar-refractivity contribution in [2.24, 2.45) is 0 Å². The highest BCUT2D eigenvalue weighted by Crippen LogP contribution is 2.24. The summed E-state index contributed by atoms with van der Waals surface area (Å²) in [7, 11) is -3.24. The van der Waals surface area contributed by atoms with Crippen molar-refractivity contribution in [3.05, 3.63) is 24.1 Å². The van der Waals surface area contributed by atoms with Gasteiger partial charge in [0.1, 0.15) is 5.82 Å². The van der Waals surface area contributed by atoms with E-state index in [0.717, 1.165) is 0 Å². The van der Waals surface area contributed by atoms with Crippen LogP contribution in [0.2, 0.25) is 0 Å². The van der Waals surface area contributed by atoms with Crippen molar-refractivity contribution in [3.63, 3.8) is 0 Å². The summed E-state index contributed by atoms with van der Waals surface area (Å²) in [5, 5.41) is 2.87. The number of halogens is 1. The summed E-state index contributed by atoms with van der Waals surface area (Å²) in [6.07, 6.45) is 2.54. The molecule has 2 aliphatic rings. The molecule has 3 heterocycles. The number of hydrogen-bond donors (Lipinski definition) is 1. The molecule has 6 nitrogen and oxygen atoms in total. The van der Waals surface area contributed by atoms with E-state index in [9.17, 15) is 12.8 Å². The van der Waals surface area contributed by atoms with Gasteiger partial charge < -0.3 is 10.1 Å². The Morgan fingerprint density at radius 2 is 1.87 bits per heavy atom. The molecule has 0 aliphatic carbocycles. The van der Waals surface area contributed by atoms with Gasteiger partial charge in [-0.25, -0.2) is 17.7 Å². The van der Waals surface area contributed by atoms with E-state index in [1.807, 2.05) is 0 Å². The van der Waals surface area contributed by atoms with Crippen molar-refractivity contribution in [3.8, 4) is 0 Å². The van der Waals surface area contributed by atoms with E-state index >= 15 is 0 Å². The standard InChI is InChI=1S/C15H22FN3O3S/c16-14-2-1-3-15(18-14)17-12-4-8-19(9-5-12)23(20,21)13-6-10-22-11-7-13/h1-3,12-13H,4-11H2,(H,17,18). The fraction of sp³-hybridized carbons (Fsp3) is 0.667. The summed E-state index contributed by atoms with van der Waals surface area (Å²) in [5.74, 6) is -0.0229. The molecule has 0 atom stereocenters. The van der Waals surface area contributed by atoms with Crippen LogP contribution in [0.25, 0.3) is 0 Å². The van der Waals surface area contributed by atoms with E-state index in [1.54, 1.807) is 16.4 Å². The van der Waals surface area contributed by atoms with Crippen LogP contribution in [0.3, 0.4) is 0 Å². The Morgan fingerprint density at radius 1 is 1.17 bits per heavy atom. The molecule has 0 amide bonds. The maximum Gasteiger partial charge on any atom is 0.217 e. The quantitative estimate of drug-likeness (QED) is 0.841. The predicted molar refractivity (Wildman–Crippen MR) is 85.2 cm³/mol. The number of aromatic nitrogens is 1. The van der Waals surface area contributed by atoms with Gasteiger partial charge in [-0.3, -0.25) is 0 Å². The number of rotatable bonds is 4. The SMILES string of the molecule is O=S(=O)(C1CCOCC1)N1CCC(Nc2cccc(F)n2)CC1. The molecule has 0 unspecified atom stereocenters. The molecule has 2 fully saturated rings. The normalized spacial score (nSPS) is 22.1. The largest absolute Gasteiger partial charge is 0.381 e. The minimum Gasteiger partial charge on any atom is -0.381 e. The molecule has 8 heteroatoms. The number of anilines is 1. The zero-order chi connectivity index (χ0) is 16.3. The Balaban J connectivity index is 1.55. The van der Waals surface area contributed by atoms with Gasteiger partial charge in [0.25, 0.3) is 0 Å². The number of piperidine rings is 1. The number of nitrogens with zero attached hydrogens (tertiary/aromatic N) is 2. The first kappa shape index (κ1) is 16.6. The number of nitrogens with one attached hydrogen (secondary N) is 1. The minimum absolute atomic E-state index is 0.116. The molecule has 0 aromatic carbocycles. The monoisotopic (exact) mass is 343 g/mol. The summed E-state index contributed by atoms with van der Waals surface area (Å²) < 4.78 is 45.2. The fourth-order valence-electron chi connectivity index (χ4n) is 3.14. The summed E-state index contributed by atoms with van der Waals surface area (Å²) in [6.45, 7) is 2.03. The molecule has 1 aromatic rings. The first-order valence-electron chi connectivity index (χ1n) is 8.01. The van der Waals surface area contributed by atoms with E-state index in [4.69, 9.17) is 4.74 Å². The van der Waals surface area contributed by atoms with Gasteiger partial charge in [0.15, 0.2) is 0 Å². The smallest absolute Gasteiger partial charge is 0.217 e. The average Bonchev–Trinajstić information content (AvgIpc) is 2.56. The van der Waals surface area contributed by atoms with E-state index in [1.165, 1.54) is 6.07 Å². The summed E-state index contributed by atoms with van der Waals surface area (Å²) in [5.41, 5.74) is 0. The molecular formula is C15H22FN3O3S. The Hall–Kier alpha value is -1.25. The molecule has 0 radical (unpaired) electrons. The van der Waals surface area contributed by atoms with E-state index in [0.29, 0.717) is 57.8 Å². The van der Waals surface area contributed by atoms with Crippen LogP contribution in [0.5, 0.6) is 0 Å². The third-order valence-electron chi connectivity index (χ3n) is 4.47. The van der Waals surface area contributed by atoms with Crippen molar-refractivity contribution in [2.45, 2.75) is 37.0 Å². The number of hydrogen-bond acceptors (Lipinski definition) is 5. The van der Waals surface area contributed by atoms with Crippen LogP contribution < -0.4 is 5.32 Å². The fourth-order valence-corrected chi connectivity index (χ4v) is 5.07. The van der Waals surface area contributed by atoms with Gasteiger partial charge in [-0.05, 0) is 37.8 Å². The highest BCUT2D eigenvalue weighted by molar-refractivity contribution is 7.89. The molecule has 2 saturated heterocycles. The second kappa shape index (κ2) is 7.11. The lowest BCUT2D eigenvalue weighted by atomic mass is 10.1. The molecule has 3 rings (SSSR count). The van der Waals surface area contributed by atoms with Crippen molar-refractivity contribution < 1.29 is 17.5 Å². The molecule has 128 valence electrons. The molecule has 2 aliphatic heterocycles. The topological polar surface area (TPSA) is 71.5 Å². The first-order chi connectivity index (χ1) is 11.1. The van der Waals surface area contributed by atoms with Gasteiger partial charge in [-0.15, -0.1) is 0 Å². The lowest BCUT2D eigenvalue weighted by Crippen LogP contribution is -2.47. The van der Waals surface area contributed by atoms with Gasteiger partial charge in [-0.2, -0.15) is 4.39 Å². The maximum absolute atomic E-state index is 13.1. The van der Waals surface area contributed by atoms with Crippen LogP contribution in [-0.2, 0) is 14.8 Å². The van der Waals surface area contributed by atoms with Crippen molar-refractivity contribution >= 4 is 15.8 Å². The molecule has 0 spiro atoms. The highest BCUT2D eigenvalue weighted by atomic mass is 32.2. The zero-order valence-corrected chi connectivity index (χ0v) is 13.8. The number of pyridine rings is 1. The van der Waals surface area contributed by atoms with Crippen LogP contribution >= 0.6 is 0 Å². The van der Waals surface area contributed by atoms with Gasteiger partial charge in [-0.1, -0.05) is 6.07 Å². The van der Waals surface area contributed by atoms with Gasteiger partial charge in [0.05, 0.1) is 5.25 Å². The first-order valence-corrected chi connectivity index (χ1v) is 9.52. The van der Waals surface area contributed by atoms with Crippen LogP contribution in [0, 0.1) is 5.95 Å². The lowest BCUT2D eigenvalue weighted by Gasteiger charge is -2.35. The second-order valence-electron chi connectivity index (χ2n) is 6.02. The van der Waals surface area contributed by atoms with Crippen LogP contribution in [0.4, 0.5) is 10.2 Å². The van der Waals surface area contributed by atoms with E-state index in [2.05, 4.69) is 10.3 Å². The molecule has 0 bridgehead atoms. The molecule has 1 aromatic heterocycles. The average molecular weight is 343 g/mol. The third kappa shape index (κ3) is 3.99. The van der Waals surface area contributed by atoms with Gasteiger partial charge in [0, 0.05) is 32.3 Å².